The van der Waals surface area contributed by atoms with E-state index in [1.54, 1.807) is 0 Å². The Morgan fingerprint density at radius 2 is 1.43 bits per heavy atom. The highest BCUT2D eigenvalue weighted by atomic mass is 16.2. The maximum absolute atomic E-state index is 13.5. The van der Waals surface area contributed by atoms with E-state index in [4.69, 9.17) is 0 Å². The summed E-state index contributed by atoms with van der Waals surface area (Å²) in [6.45, 7) is 7.39. The number of carbonyl (C=O) groups excluding carboxylic acids is 2. The van der Waals surface area contributed by atoms with E-state index in [9.17, 15) is 9.59 Å². The Balaban J connectivity index is 1.23. The molecule has 2 aromatic rings. The topological polar surface area (TPSA) is 55.9 Å². The standard InChI is InChI=1S/C29H38N4O2/c1-23-27(34)33(26-13-18-32(19-14-26)22-25-10-6-3-7-11-25)29(28(35)30-23)15-20-31(21-16-29)17-12-24-8-4-2-5-9-24/h2-11,23,26H,12-22H2,1H3,(H,30,35)/t23-/m0/s1. The van der Waals surface area contributed by atoms with E-state index >= 15 is 0 Å². The zero-order chi connectivity index (χ0) is 24.3. The number of rotatable bonds is 6. The Kier molecular flexibility index (Phi) is 7.21. The maximum atomic E-state index is 13.5. The lowest BCUT2D eigenvalue weighted by molar-refractivity contribution is -0.166. The number of likely N-dealkylation sites (tertiary alicyclic amines) is 2. The highest BCUT2D eigenvalue weighted by Crippen LogP contribution is 2.37. The van der Waals surface area contributed by atoms with Crippen LogP contribution in [0.15, 0.2) is 60.7 Å². The first-order chi connectivity index (χ1) is 17.0. The summed E-state index contributed by atoms with van der Waals surface area (Å²) >= 11 is 0. The first-order valence-corrected chi connectivity index (χ1v) is 13.2. The second-order valence-corrected chi connectivity index (χ2v) is 10.5. The molecule has 186 valence electrons. The number of carbonyl (C=O) groups is 2. The first kappa shape index (κ1) is 24.0. The van der Waals surface area contributed by atoms with Gasteiger partial charge in [-0.1, -0.05) is 60.7 Å². The van der Waals surface area contributed by atoms with Gasteiger partial charge in [-0.15, -0.1) is 0 Å². The third kappa shape index (κ3) is 5.14. The number of piperazine rings is 1. The summed E-state index contributed by atoms with van der Waals surface area (Å²) in [6, 6.07) is 20.8. The van der Waals surface area contributed by atoms with E-state index in [-0.39, 0.29) is 17.9 Å². The van der Waals surface area contributed by atoms with Gasteiger partial charge >= 0.3 is 0 Å². The SMILES string of the molecule is C[C@@H]1NC(=O)C2(CCN(CCc3ccccc3)CC2)N(C2CCN(Cc3ccccc3)CC2)C1=O. The van der Waals surface area contributed by atoms with E-state index in [2.05, 4.69) is 75.8 Å². The summed E-state index contributed by atoms with van der Waals surface area (Å²) in [4.78, 5) is 33.9. The molecule has 1 spiro atoms. The van der Waals surface area contributed by atoms with Gasteiger partial charge in [-0.25, -0.2) is 0 Å². The molecule has 2 amide bonds. The average molecular weight is 475 g/mol. The molecule has 6 heteroatoms. The molecule has 6 nitrogen and oxygen atoms in total. The molecule has 5 rings (SSSR count). The van der Waals surface area contributed by atoms with Crippen LogP contribution in [0.1, 0.15) is 43.7 Å². The Hall–Kier alpha value is -2.70. The second-order valence-electron chi connectivity index (χ2n) is 10.5. The molecule has 3 aliphatic rings. The van der Waals surface area contributed by atoms with Crippen LogP contribution in [0.2, 0.25) is 0 Å². The second kappa shape index (κ2) is 10.5. The van der Waals surface area contributed by atoms with E-state index in [0.717, 1.165) is 71.4 Å². The van der Waals surface area contributed by atoms with Crippen molar-refractivity contribution in [3.8, 4) is 0 Å². The predicted molar refractivity (Wildman–Crippen MR) is 138 cm³/mol. The first-order valence-electron chi connectivity index (χ1n) is 13.2. The van der Waals surface area contributed by atoms with Gasteiger partial charge in [0.05, 0.1) is 0 Å². The number of nitrogens with zero attached hydrogens (tertiary/aromatic N) is 3. The molecule has 0 saturated carbocycles. The molecule has 0 aliphatic carbocycles. The Morgan fingerprint density at radius 1 is 0.829 bits per heavy atom. The van der Waals surface area contributed by atoms with Gasteiger partial charge < -0.3 is 15.1 Å². The molecule has 1 N–H and O–H groups in total. The fourth-order valence-corrected chi connectivity index (χ4v) is 6.17. The molecule has 0 bridgehead atoms. The van der Waals surface area contributed by atoms with Crippen LogP contribution >= 0.6 is 0 Å². The van der Waals surface area contributed by atoms with Crippen molar-refractivity contribution in [1.29, 1.82) is 0 Å². The minimum atomic E-state index is -0.695. The van der Waals surface area contributed by atoms with Crippen LogP contribution in [0.4, 0.5) is 0 Å². The summed E-state index contributed by atoms with van der Waals surface area (Å²) < 4.78 is 0. The molecule has 3 heterocycles. The van der Waals surface area contributed by atoms with Crippen LogP contribution in [-0.4, -0.2) is 76.9 Å². The largest absolute Gasteiger partial charge is 0.343 e. The van der Waals surface area contributed by atoms with Crippen molar-refractivity contribution in [2.45, 2.75) is 63.2 Å². The minimum absolute atomic E-state index is 0.0547. The highest BCUT2D eigenvalue weighted by Gasteiger charge is 2.55. The summed E-state index contributed by atoms with van der Waals surface area (Å²) in [5.41, 5.74) is 1.97. The summed E-state index contributed by atoms with van der Waals surface area (Å²) in [5, 5.41) is 3.01. The molecule has 3 fully saturated rings. The van der Waals surface area contributed by atoms with Crippen molar-refractivity contribution in [2.75, 3.05) is 32.7 Å². The fraction of sp³-hybridized carbons (Fsp3) is 0.517. The van der Waals surface area contributed by atoms with Crippen molar-refractivity contribution in [3.63, 3.8) is 0 Å². The number of benzene rings is 2. The van der Waals surface area contributed by atoms with E-state index in [0.29, 0.717) is 0 Å². The van der Waals surface area contributed by atoms with Gasteiger partial charge in [-0.2, -0.15) is 0 Å². The lowest BCUT2D eigenvalue weighted by Crippen LogP contribution is -2.74. The van der Waals surface area contributed by atoms with Gasteiger partial charge in [0.1, 0.15) is 11.6 Å². The quantitative estimate of drug-likeness (QED) is 0.699. The van der Waals surface area contributed by atoms with E-state index in [1.165, 1.54) is 11.1 Å². The number of nitrogens with one attached hydrogen (secondary N) is 1. The monoisotopic (exact) mass is 474 g/mol. The molecule has 1 atom stereocenters. The average Bonchev–Trinajstić information content (AvgIpc) is 2.89. The summed E-state index contributed by atoms with van der Waals surface area (Å²) in [7, 11) is 0. The molecule has 3 saturated heterocycles. The van der Waals surface area contributed by atoms with Crippen LogP contribution in [0.5, 0.6) is 0 Å². The van der Waals surface area contributed by atoms with Crippen molar-refractivity contribution in [2.24, 2.45) is 0 Å². The van der Waals surface area contributed by atoms with Crippen LogP contribution < -0.4 is 5.32 Å². The molecular weight excluding hydrogens is 436 g/mol. The number of hydrogen-bond acceptors (Lipinski definition) is 4. The lowest BCUT2D eigenvalue weighted by atomic mass is 9.79. The Morgan fingerprint density at radius 3 is 2.06 bits per heavy atom. The zero-order valence-corrected chi connectivity index (χ0v) is 20.9. The zero-order valence-electron chi connectivity index (χ0n) is 20.9. The van der Waals surface area contributed by atoms with Crippen molar-refractivity contribution in [3.05, 3.63) is 71.8 Å². The maximum Gasteiger partial charge on any atom is 0.246 e. The van der Waals surface area contributed by atoms with Crippen LogP contribution in [-0.2, 0) is 22.6 Å². The molecule has 0 unspecified atom stereocenters. The van der Waals surface area contributed by atoms with Gasteiger partial charge in [-0.3, -0.25) is 14.5 Å². The normalized spacial score (nSPS) is 24.0. The van der Waals surface area contributed by atoms with Gasteiger partial charge in [0.15, 0.2) is 0 Å². The van der Waals surface area contributed by atoms with Crippen LogP contribution in [0.3, 0.4) is 0 Å². The smallest absolute Gasteiger partial charge is 0.246 e. The van der Waals surface area contributed by atoms with Gasteiger partial charge in [0.25, 0.3) is 0 Å². The number of piperidine rings is 2. The summed E-state index contributed by atoms with van der Waals surface area (Å²) in [5.74, 6) is 0.155. The summed E-state index contributed by atoms with van der Waals surface area (Å²) in [6.07, 6.45) is 4.31. The number of hydrogen-bond donors (Lipinski definition) is 1. The number of amides is 2. The molecule has 3 aliphatic heterocycles. The molecule has 0 aromatic heterocycles. The van der Waals surface area contributed by atoms with Crippen molar-refractivity contribution < 1.29 is 9.59 Å². The molecular formula is C29H38N4O2. The Labute approximate surface area is 209 Å². The Bertz CT molecular complexity index is 996. The van der Waals surface area contributed by atoms with Gasteiger partial charge in [0.2, 0.25) is 11.8 Å². The van der Waals surface area contributed by atoms with Crippen molar-refractivity contribution in [1.82, 2.24) is 20.0 Å². The third-order valence-corrected chi connectivity index (χ3v) is 8.25. The van der Waals surface area contributed by atoms with Crippen LogP contribution in [0.25, 0.3) is 0 Å². The van der Waals surface area contributed by atoms with E-state index in [1.807, 2.05) is 11.8 Å². The predicted octanol–water partition coefficient (Wildman–Crippen LogP) is 3.08. The molecule has 35 heavy (non-hydrogen) atoms. The van der Waals surface area contributed by atoms with E-state index < -0.39 is 11.6 Å². The highest BCUT2D eigenvalue weighted by molar-refractivity contribution is 6.00. The molecule has 0 radical (unpaired) electrons. The molecule has 2 aromatic carbocycles. The minimum Gasteiger partial charge on any atom is -0.343 e. The third-order valence-electron chi connectivity index (χ3n) is 8.25. The fourth-order valence-electron chi connectivity index (χ4n) is 6.17. The van der Waals surface area contributed by atoms with Crippen molar-refractivity contribution >= 4 is 11.8 Å². The van der Waals surface area contributed by atoms with Crippen LogP contribution in [0, 0.1) is 0 Å². The van der Waals surface area contributed by atoms with Gasteiger partial charge in [0, 0.05) is 45.3 Å². The van der Waals surface area contributed by atoms with Gasteiger partial charge in [-0.05, 0) is 50.2 Å². The lowest BCUT2D eigenvalue weighted by Gasteiger charge is -2.55.